The molecule has 27 heavy (non-hydrogen) atoms. The Kier molecular flexibility index (Phi) is 5.80. The van der Waals surface area contributed by atoms with Crippen molar-refractivity contribution in [2.24, 2.45) is 5.92 Å². The van der Waals surface area contributed by atoms with Gasteiger partial charge in [0, 0.05) is 35.0 Å². The summed E-state index contributed by atoms with van der Waals surface area (Å²) in [5.41, 5.74) is 1.42. The fraction of sp³-hybridized carbons (Fsp3) is 0.300. The Morgan fingerprint density at radius 1 is 0.926 bits per heavy atom. The molecule has 140 valence electrons. The van der Waals surface area contributed by atoms with Crippen LogP contribution in [0.3, 0.4) is 0 Å². The van der Waals surface area contributed by atoms with Crippen molar-refractivity contribution in [2.75, 3.05) is 10.6 Å². The van der Waals surface area contributed by atoms with Gasteiger partial charge in [0.05, 0.1) is 4.92 Å². The average molecular weight is 367 g/mol. The molecule has 2 aromatic carbocycles. The third-order valence-electron chi connectivity index (χ3n) is 4.70. The summed E-state index contributed by atoms with van der Waals surface area (Å²) in [5.74, 6) is -0.300. The minimum Gasteiger partial charge on any atom is -0.326 e. The quantitative estimate of drug-likeness (QED) is 0.605. The molecule has 0 unspecified atom stereocenters. The van der Waals surface area contributed by atoms with Crippen molar-refractivity contribution in [2.45, 2.75) is 32.1 Å². The van der Waals surface area contributed by atoms with Gasteiger partial charge in [0.1, 0.15) is 0 Å². The molecule has 0 aliphatic heterocycles. The van der Waals surface area contributed by atoms with E-state index in [9.17, 15) is 19.7 Å². The molecule has 1 aliphatic carbocycles. The molecular formula is C20H21N3O4. The van der Waals surface area contributed by atoms with Crippen molar-refractivity contribution in [1.29, 1.82) is 0 Å². The Hall–Kier alpha value is -3.22. The van der Waals surface area contributed by atoms with Crippen molar-refractivity contribution in [3.8, 4) is 0 Å². The maximum Gasteiger partial charge on any atom is 0.269 e. The first-order chi connectivity index (χ1) is 13.0. The number of non-ortho nitro benzene ring substituents is 1. The van der Waals surface area contributed by atoms with Gasteiger partial charge in [-0.3, -0.25) is 19.7 Å². The molecular weight excluding hydrogens is 346 g/mol. The number of benzene rings is 2. The highest BCUT2D eigenvalue weighted by molar-refractivity contribution is 6.04. The van der Waals surface area contributed by atoms with Crippen molar-refractivity contribution in [3.05, 3.63) is 64.2 Å². The van der Waals surface area contributed by atoms with Gasteiger partial charge in [-0.1, -0.05) is 25.3 Å². The summed E-state index contributed by atoms with van der Waals surface area (Å²) in [7, 11) is 0. The molecule has 0 aromatic heterocycles. The molecule has 0 atom stereocenters. The van der Waals surface area contributed by atoms with Crippen LogP contribution in [0.4, 0.5) is 17.1 Å². The summed E-state index contributed by atoms with van der Waals surface area (Å²) in [6.07, 6.45) is 5.20. The number of nitrogens with one attached hydrogen (secondary N) is 2. The second-order valence-corrected chi connectivity index (χ2v) is 6.66. The standard InChI is InChI=1S/C20H21N3O4/c24-19(14-5-2-1-3-6-14)21-16-7-4-8-17(13-16)22-20(25)15-9-11-18(12-10-15)23(26)27/h4,7-14H,1-3,5-6H2,(H,21,24)(H,22,25). The number of carbonyl (C=O) groups excluding carboxylic acids is 2. The van der Waals surface area contributed by atoms with Crippen LogP contribution in [-0.2, 0) is 4.79 Å². The van der Waals surface area contributed by atoms with Gasteiger partial charge in [0.25, 0.3) is 11.6 Å². The molecule has 3 rings (SSSR count). The minimum atomic E-state index is -0.514. The lowest BCUT2D eigenvalue weighted by molar-refractivity contribution is -0.384. The van der Waals surface area contributed by atoms with Crippen LogP contribution in [0, 0.1) is 16.0 Å². The van der Waals surface area contributed by atoms with Gasteiger partial charge in [-0.05, 0) is 43.2 Å². The van der Waals surface area contributed by atoms with Gasteiger partial charge in [-0.2, -0.15) is 0 Å². The van der Waals surface area contributed by atoms with Crippen molar-refractivity contribution >= 4 is 28.9 Å². The molecule has 7 nitrogen and oxygen atoms in total. The molecule has 7 heteroatoms. The van der Waals surface area contributed by atoms with E-state index < -0.39 is 4.92 Å². The van der Waals surface area contributed by atoms with Gasteiger partial charge in [0.2, 0.25) is 5.91 Å². The van der Waals surface area contributed by atoms with E-state index in [1.54, 1.807) is 24.3 Å². The Morgan fingerprint density at radius 3 is 2.19 bits per heavy atom. The lowest BCUT2D eigenvalue weighted by atomic mass is 9.88. The molecule has 2 N–H and O–H groups in total. The number of anilines is 2. The zero-order chi connectivity index (χ0) is 19.2. The van der Waals surface area contributed by atoms with E-state index in [0.717, 1.165) is 25.7 Å². The monoisotopic (exact) mass is 367 g/mol. The molecule has 2 amide bonds. The zero-order valence-electron chi connectivity index (χ0n) is 14.8. The number of nitro groups is 1. The van der Waals surface area contributed by atoms with Crippen LogP contribution in [0.25, 0.3) is 0 Å². The maximum absolute atomic E-state index is 12.4. The Bertz CT molecular complexity index is 843. The highest BCUT2D eigenvalue weighted by Gasteiger charge is 2.21. The second-order valence-electron chi connectivity index (χ2n) is 6.66. The second kappa shape index (κ2) is 8.44. The van der Waals surface area contributed by atoms with Crippen molar-refractivity contribution in [3.63, 3.8) is 0 Å². The number of hydrogen-bond acceptors (Lipinski definition) is 4. The molecule has 1 fully saturated rings. The average Bonchev–Trinajstić information content (AvgIpc) is 2.69. The van der Waals surface area contributed by atoms with Crippen molar-refractivity contribution < 1.29 is 14.5 Å². The van der Waals surface area contributed by atoms with E-state index in [1.807, 2.05) is 0 Å². The smallest absolute Gasteiger partial charge is 0.269 e. The minimum absolute atomic E-state index is 0.0218. The summed E-state index contributed by atoms with van der Waals surface area (Å²) in [6.45, 7) is 0. The van der Waals surface area contributed by atoms with Crippen LogP contribution in [0.15, 0.2) is 48.5 Å². The van der Waals surface area contributed by atoms with Crippen LogP contribution < -0.4 is 10.6 Å². The van der Waals surface area contributed by atoms with E-state index in [-0.39, 0.29) is 23.4 Å². The summed E-state index contributed by atoms with van der Waals surface area (Å²) < 4.78 is 0. The number of nitro benzene ring substituents is 1. The molecule has 0 bridgehead atoms. The predicted molar refractivity (Wildman–Crippen MR) is 103 cm³/mol. The van der Waals surface area contributed by atoms with E-state index in [1.165, 1.54) is 30.7 Å². The van der Waals surface area contributed by atoms with Gasteiger partial charge >= 0.3 is 0 Å². The first kappa shape index (κ1) is 18.6. The van der Waals surface area contributed by atoms with E-state index in [0.29, 0.717) is 16.9 Å². The Morgan fingerprint density at radius 2 is 1.56 bits per heavy atom. The first-order valence-electron chi connectivity index (χ1n) is 8.99. The van der Waals surface area contributed by atoms with Crippen LogP contribution in [0.5, 0.6) is 0 Å². The lowest BCUT2D eigenvalue weighted by Gasteiger charge is -2.20. The van der Waals surface area contributed by atoms with Gasteiger partial charge in [0.15, 0.2) is 0 Å². The van der Waals surface area contributed by atoms with E-state index >= 15 is 0 Å². The van der Waals surface area contributed by atoms with Gasteiger partial charge in [-0.25, -0.2) is 0 Å². The third-order valence-corrected chi connectivity index (χ3v) is 4.70. The fourth-order valence-electron chi connectivity index (χ4n) is 3.22. The summed E-state index contributed by atoms with van der Waals surface area (Å²) in [6, 6.07) is 12.3. The maximum atomic E-state index is 12.4. The highest BCUT2D eigenvalue weighted by atomic mass is 16.6. The molecule has 2 aromatic rings. The van der Waals surface area contributed by atoms with Gasteiger partial charge < -0.3 is 10.6 Å². The normalized spacial score (nSPS) is 14.4. The Labute approximate surface area is 156 Å². The molecule has 1 aliphatic rings. The Balaban J connectivity index is 1.63. The third kappa shape index (κ3) is 4.91. The lowest BCUT2D eigenvalue weighted by Crippen LogP contribution is -2.24. The molecule has 0 spiro atoms. The topological polar surface area (TPSA) is 101 Å². The first-order valence-corrected chi connectivity index (χ1v) is 8.99. The molecule has 0 heterocycles. The molecule has 1 saturated carbocycles. The zero-order valence-corrected chi connectivity index (χ0v) is 14.8. The predicted octanol–water partition coefficient (Wildman–Crippen LogP) is 4.37. The summed E-state index contributed by atoms with van der Waals surface area (Å²) in [5, 5.41) is 16.3. The summed E-state index contributed by atoms with van der Waals surface area (Å²) >= 11 is 0. The van der Waals surface area contributed by atoms with E-state index in [2.05, 4.69) is 10.6 Å². The number of amides is 2. The highest BCUT2D eigenvalue weighted by Crippen LogP contribution is 2.25. The number of nitrogens with zero attached hydrogens (tertiary/aromatic N) is 1. The summed E-state index contributed by atoms with van der Waals surface area (Å²) in [4.78, 5) is 34.8. The SMILES string of the molecule is O=C(Nc1cccc(NC(=O)C2CCCCC2)c1)c1ccc([N+](=O)[O-])cc1. The molecule has 0 saturated heterocycles. The van der Waals surface area contributed by atoms with Crippen LogP contribution in [-0.4, -0.2) is 16.7 Å². The van der Waals surface area contributed by atoms with E-state index in [4.69, 9.17) is 0 Å². The number of hydrogen-bond donors (Lipinski definition) is 2. The fourth-order valence-corrected chi connectivity index (χ4v) is 3.22. The molecule has 0 radical (unpaired) electrons. The van der Waals surface area contributed by atoms with Gasteiger partial charge in [-0.15, -0.1) is 0 Å². The van der Waals surface area contributed by atoms with Crippen LogP contribution >= 0.6 is 0 Å². The largest absolute Gasteiger partial charge is 0.326 e. The number of carbonyl (C=O) groups is 2. The van der Waals surface area contributed by atoms with Crippen molar-refractivity contribution in [1.82, 2.24) is 0 Å². The van der Waals surface area contributed by atoms with Crippen LogP contribution in [0.2, 0.25) is 0 Å². The number of rotatable bonds is 5. The van der Waals surface area contributed by atoms with Crippen LogP contribution in [0.1, 0.15) is 42.5 Å².